The second-order valence-corrected chi connectivity index (χ2v) is 27.7. The summed E-state index contributed by atoms with van der Waals surface area (Å²) >= 11 is 0. The number of allylic oxidation sites excluding steroid dienone is 39. The fraction of sp³-hybridized carbons (Fsp3) is 0.506. The van der Waals surface area contributed by atoms with Crippen molar-refractivity contribution in [2.45, 2.75) is 251 Å². The molecule has 0 saturated carbocycles. The normalized spacial score (nSPS) is 15.1. The Morgan fingerprint density at radius 2 is 0.519 bits per heavy atom. The molecule has 0 rings (SSSR count). The first-order valence-electron chi connectivity index (χ1n) is 39.3. The molecule has 0 aliphatic heterocycles. The van der Waals surface area contributed by atoms with E-state index < -0.39 is 97.5 Å². The summed E-state index contributed by atoms with van der Waals surface area (Å²) in [6.07, 6.45) is 102. The number of rotatable bonds is 70. The number of ether oxygens (including phenoxy) is 4. The number of phosphoric acid groups is 2. The topological polar surface area (TPSA) is 237 Å². The van der Waals surface area contributed by atoms with Crippen LogP contribution in [0, 0.1) is 0 Å². The molecule has 0 aliphatic rings. The Balaban J connectivity index is 5.61. The molecule has 0 heterocycles. The second-order valence-electron chi connectivity index (χ2n) is 24.8. The Bertz CT molecular complexity index is 3010. The molecule has 0 saturated heterocycles. The summed E-state index contributed by atoms with van der Waals surface area (Å²) < 4.78 is 68.3. The van der Waals surface area contributed by atoms with Crippen LogP contribution in [0.2, 0.25) is 0 Å². The van der Waals surface area contributed by atoms with Crippen LogP contribution in [-0.4, -0.2) is 96.7 Å². The molecule has 17 nitrogen and oxygen atoms in total. The number of carbonyl (C=O) groups excluding carboxylic acids is 4. The summed E-state index contributed by atoms with van der Waals surface area (Å²) in [5.41, 5.74) is 0. The standard InChI is InChI=1S/C89H134O17P2/c1-5-9-13-17-21-25-29-33-37-40-41-44-47-50-54-58-62-66-70-74-87(92)100-80-85(106-89(94)76-72-68-64-60-56-52-48-43-39-35-31-27-23-19-15-11-7-3)82-104-108(97,98)102-78-83(90)77-101-107(95,96)103-81-84(105-88(93)75-71-67-63-59-55-51-45-36-32-28-24-20-16-12-8-4)79-99-86(91)73-69-65-61-57-53-49-46-42-38-34-30-26-22-18-14-10-6-2/h9-16,21-28,33-39,41,44-46,48-50,52,54-55,59-60,62,64,66-67,71,83-85,90H,5-8,17-20,29-32,40,42-43,47,51,53,56-58,61,63,65,68-70,72-82H2,1-4H3,(H,95,96)(H,97,98)/b13-9-,14-10-,15-11-,16-12-,25-21-,26-22-,27-23-,28-24-,37-33-,38-34-,39-35-,44-41-,45-36-,49-46-,52-48-,54-50-,59-55-,64-60-,66-62-,71-67-. The Hall–Kier alpha value is -7.14. The van der Waals surface area contributed by atoms with Crippen molar-refractivity contribution in [3.8, 4) is 0 Å². The van der Waals surface area contributed by atoms with Gasteiger partial charge < -0.3 is 33.8 Å². The molecule has 0 aromatic rings. The Morgan fingerprint density at radius 3 is 0.852 bits per heavy atom. The molecule has 0 bridgehead atoms. The summed E-state index contributed by atoms with van der Waals surface area (Å²) in [5.74, 6) is -2.56. The van der Waals surface area contributed by atoms with E-state index in [1.807, 2.05) is 42.5 Å². The molecule has 19 heteroatoms. The molecule has 0 fully saturated rings. The van der Waals surface area contributed by atoms with Gasteiger partial charge in [-0.25, -0.2) is 9.13 Å². The van der Waals surface area contributed by atoms with E-state index in [4.69, 9.17) is 37.0 Å². The maximum Gasteiger partial charge on any atom is 0.472 e. The molecule has 5 unspecified atom stereocenters. The molecular formula is C89H134O17P2. The maximum atomic E-state index is 13.1. The van der Waals surface area contributed by atoms with E-state index in [0.29, 0.717) is 38.5 Å². The molecule has 0 amide bonds. The molecule has 0 aromatic heterocycles. The van der Waals surface area contributed by atoms with Gasteiger partial charge in [-0.05, 0) is 167 Å². The first-order chi connectivity index (χ1) is 52.7. The number of aliphatic hydroxyl groups is 1. The van der Waals surface area contributed by atoms with E-state index in [-0.39, 0.29) is 25.7 Å². The van der Waals surface area contributed by atoms with Crippen LogP contribution in [0.25, 0.3) is 0 Å². The number of hydrogen-bond acceptors (Lipinski definition) is 15. The highest BCUT2D eigenvalue weighted by Crippen LogP contribution is 2.45. The lowest BCUT2D eigenvalue weighted by Crippen LogP contribution is -2.30. The van der Waals surface area contributed by atoms with Gasteiger partial charge in [0.15, 0.2) is 12.2 Å². The average molecular weight is 1540 g/mol. The number of esters is 4. The highest BCUT2D eigenvalue weighted by Gasteiger charge is 2.30. The van der Waals surface area contributed by atoms with E-state index >= 15 is 0 Å². The van der Waals surface area contributed by atoms with Crippen LogP contribution < -0.4 is 0 Å². The lowest BCUT2D eigenvalue weighted by atomic mass is 10.1. The zero-order valence-corrected chi connectivity index (χ0v) is 67.4. The highest BCUT2D eigenvalue weighted by atomic mass is 31.2. The summed E-state index contributed by atoms with van der Waals surface area (Å²) in [6, 6.07) is 0. The van der Waals surface area contributed by atoms with Crippen LogP contribution in [0.3, 0.4) is 0 Å². The third kappa shape index (κ3) is 77.0. The van der Waals surface area contributed by atoms with Gasteiger partial charge in [-0.3, -0.25) is 37.3 Å². The van der Waals surface area contributed by atoms with Crippen molar-refractivity contribution >= 4 is 39.5 Å². The smallest absolute Gasteiger partial charge is 0.462 e. The van der Waals surface area contributed by atoms with Crippen molar-refractivity contribution < 1.29 is 80.2 Å². The van der Waals surface area contributed by atoms with Gasteiger partial charge in [0.2, 0.25) is 0 Å². The zero-order chi connectivity index (χ0) is 78.9. The number of aliphatic hydroxyl groups excluding tert-OH is 1. The Kier molecular flexibility index (Phi) is 72.8. The van der Waals surface area contributed by atoms with Crippen LogP contribution in [0.15, 0.2) is 243 Å². The Labute approximate surface area is 650 Å². The van der Waals surface area contributed by atoms with Crippen LogP contribution >= 0.6 is 15.6 Å². The molecule has 602 valence electrons. The van der Waals surface area contributed by atoms with Gasteiger partial charge in [-0.2, -0.15) is 0 Å². The average Bonchev–Trinajstić information content (AvgIpc) is 0.906. The predicted molar refractivity (Wildman–Crippen MR) is 444 cm³/mol. The molecule has 0 aromatic carbocycles. The van der Waals surface area contributed by atoms with Crippen molar-refractivity contribution in [1.29, 1.82) is 0 Å². The second kappa shape index (κ2) is 78.0. The largest absolute Gasteiger partial charge is 0.472 e. The summed E-state index contributed by atoms with van der Waals surface area (Å²) in [5, 5.41) is 10.6. The quantitative estimate of drug-likeness (QED) is 0.0169. The first-order valence-corrected chi connectivity index (χ1v) is 42.3. The lowest BCUT2D eigenvalue weighted by Gasteiger charge is -2.21. The minimum Gasteiger partial charge on any atom is -0.462 e. The lowest BCUT2D eigenvalue weighted by molar-refractivity contribution is -0.161. The predicted octanol–water partition coefficient (Wildman–Crippen LogP) is 23.2. The van der Waals surface area contributed by atoms with Crippen molar-refractivity contribution in [2.75, 3.05) is 39.6 Å². The minimum absolute atomic E-state index is 0.00972. The van der Waals surface area contributed by atoms with E-state index in [1.165, 1.54) is 0 Å². The van der Waals surface area contributed by atoms with Gasteiger partial charge in [0.25, 0.3) is 0 Å². The van der Waals surface area contributed by atoms with Gasteiger partial charge in [0.1, 0.15) is 19.3 Å². The molecule has 3 N–H and O–H groups in total. The number of carbonyl (C=O) groups is 4. The fourth-order valence-corrected chi connectivity index (χ4v) is 10.6. The highest BCUT2D eigenvalue weighted by molar-refractivity contribution is 7.47. The van der Waals surface area contributed by atoms with Crippen molar-refractivity contribution in [1.82, 2.24) is 0 Å². The van der Waals surface area contributed by atoms with Crippen LogP contribution in [0.1, 0.15) is 233 Å². The van der Waals surface area contributed by atoms with Crippen LogP contribution in [0.5, 0.6) is 0 Å². The number of phosphoric ester groups is 2. The van der Waals surface area contributed by atoms with Crippen LogP contribution in [0.4, 0.5) is 0 Å². The number of unbranched alkanes of at least 4 members (excludes halogenated alkanes) is 5. The first kappa shape index (κ1) is 101. The third-order valence-corrected chi connectivity index (χ3v) is 16.7. The maximum absolute atomic E-state index is 13.1. The molecule has 108 heavy (non-hydrogen) atoms. The molecular weight excluding hydrogens is 1400 g/mol. The fourth-order valence-electron chi connectivity index (χ4n) is 9.05. The van der Waals surface area contributed by atoms with Gasteiger partial charge in [0, 0.05) is 19.3 Å². The van der Waals surface area contributed by atoms with E-state index in [2.05, 4.69) is 216 Å². The van der Waals surface area contributed by atoms with Gasteiger partial charge in [0.05, 0.1) is 32.8 Å². The molecule has 0 spiro atoms. The molecule has 0 radical (unpaired) electrons. The van der Waals surface area contributed by atoms with E-state index in [1.54, 1.807) is 12.2 Å². The Morgan fingerprint density at radius 1 is 0.269 bits per heavy atom. The third-order valence-electron chi connectivity index (χ3n) is 14.8. The van der Waals surface area contributed by atoms with E-state index in [0.717, 1.165) is 141 Å². The van der Waals surface area contributed by atoms with Gasteiger partial charge in [-0.15, -0.1) is 0 Å². The summed E-state index contributed by atoms with van der Waals surface area (Å²) in [4.78, 5) is 72.9. The van der Waals surface area contributed by atoms with Gasteiger partial charge in [-0.1, -0.05) is 284 Å². The monoisotopic (exact) mass is 1540 g/mol. The SMILES string of the molecule is CC/C=C\C/C=C\C/C=C\C/C=C\C/C=C\C/C=C\CCC(=O)OCC(COP(=O)(O)OCC(O)COP(=O)(O)OCC(COC(=O)CCCCCC/C=C\C/C=C\C/C=C\C/C=C\CC)OC(=O)C/C=C\C/C=C\C/C=C\C/C=C\C/C=C\CC)OC(=O)CCC/C=C\C/C=C\C/C=C\C/C=C\C/C=C\CC. The number of hydrogen-bond donors (Lipinski definition) is 3. The van der Waals surface area contributed by atoms with E-state index in [9.17, 15) is 43.2 Å². The minimum atomic E-state index is -5.03. The molecule has 0 aliphatic carbocycles. The zero-order valence-electron chi connectivity index (χ0n) is 65.6. The van der Waals surface area contributed by atoms with Crippen LogP contribution in [-0.2, 0) is 65.4 Å². The summed E-state index contributed by atoms with van der Waals surface area (Å²) in [6.45, 7) is 4.06. The van der Waals surface area contributed by atoms with Crippen molar-refractivity contribution in [3.63, 3.8) is 0 Å². The molecule has 5 atom stereocenters. The van der Waals surface area contributed by atoms with Crippen molar-refractivity contribution in [3.05, 3.63) is 243 Å². The van der Waals surface area contributed by atoms with Crippen molar-refractivity contribution in [2.24, 2.45) is 0 Å². The van der Waals surface area contributed by atoms with Gasteiger partial charge >= 0.3 is 39.5 Å². The summed E-state index contributed by atoms with van der Waals surface area (Å²) in [7, 11) is -10.1.